The number of ether oxygens (including phenoxy) is 2. The van der Waals surface area contributed by atoms with Gasteiger partial charge in [-0.15, -0.1) is 0 Å². The van der Waals surface area contributed by atoms with Crippen molar-refractivity contribution in [2.45, 2.75) is 13.5 Å². The minimum atomic E-state index is -0.454. The normalized spacial score (nSPS) is 13.1. The summed E-state index contributed by atoms with van der Waals surface area (Å²) in [6, 6.07) is 6.89. The molecule has 1 aliphatic rings. The number of pyridine rings is 1. The molecule has 0 bridgehead atoms. The number of hydrogen-bond donors (Lipinski definition) is 0. The topological polar surface area (TPSA) is 77.9 Å². The zero-order chi connectivity index (χ0) is 19.4. The summed E-state index contributed by atoms with van der Waals surface area (Å²) in [7, 11) is 4.01. The Morgan fingerprint density at radius 2 is 1.82 bits per heavy atom. The van der Waals surface area contributed by atoms with Gasteiger partial charge in [0, 0.05) is 41.2 Å². The summed E-state index contributed by atoms with van der Waals surface area (Å²) in [6.45, 7) is 2.79. The molecule has 4 heterocycles. The summed E-state index contributed by atoms with van der Waals surface area (Å²) in [5.41, 5.74) is 3.20. The Kier molecular flexibility index (Phi) is 3.67. The van der Waals surface area contributed by atoms with Crippen molar-refractivity contribution in [1.29, 1.82) is 0 Å². The molecule has 1 aromatic carbocycles. The monoisotopic (exact) mass is 378 g/mol. The van der Waals surface area contributed by atoms with Crippen molar-refractivity contribution in [3.8, 4) is 22.8 Å². The fraction of sp³-hybridized carbons (Fsp3) is 0.238. The van der Waals surface area contributed by atoms with Crippen LogP contribution in [0, 0.1) is 6.92 Å². The van der Waals surface area contributed by atoms with Crippen molar-refractivity contribution < 1.29 is 18.3 Å². The van der Waals surface area contributed by atoms with Crippen molar-refractivity contribution in [2.24, 2.45) is 0 Å². The lowest BCUT2D eigenvalue weighted by Crippen LogP contribution is -2.11. The molecule has 7 heteroatoms. The summed E-state index contributed by atoms with van der Waals surface area (Å²) < 4.78 is 22.4. The SMILES string of the molecule is Cc1ncc(CN(C)C)c2cc(-c3cc(=O)oc4cc5c(cc34)OCO5)oc12. The standard InChI is InChI=1S/C21H18N2O5/c1-11-21-13(12(8-22-11)9-23(2)3)4-16(28-21)15-6-20(24)27-17-7-19-18(5-14(15)17)25-10-26-19/h4-8H,9-10H2,1-3H3. The van der Waals surface area contributed by atoms with Crippen LogP contribution in [0.5, 0.6) is 11.5 Å². The Labute approximate surface area is 160 Å². The van der Waals surface area contributed by atoms with E-state index in [4.69, 9.17) is 18.3 Å². The molecule has 5 rings (SSSR count). The number of benzene rings is 1. The second-order valence-corrected chi connectivity index (χ2v) is 7.14. The third-order valence-corrected chi connectivity index (χ3v) is 4.81. The molecule has 4 aromatic rings. The van der Waals surface area contributed by atoms with E-state index in [0.29, 0.717) is 28.4 Å². The highest BCUT2D eigenvalue weighted by Gasteiger charge is 2.20. The van der Waals surface area contributed by atoms with Gasteiger partial charge in [-0.25, -0.2) is 4.79 Å². The molecule has 28 heavy (non-hydrogen) atoms. The van der Waals surface area contributed by atoms with Crippen LogP contribution in [-0.4, -0.2) is 30.8 Å². The third kappa shape index (κ3) is 2.63. The first-order valence-corrected chi connectivity index (χ1v) is 8.90. The summed E-state index contributed by atoms with van der Waals surface area (Å²) >= 11 is 0. The Balaban J connectivity index is 1.77. The van der Waals surface area contributed by atoms with Crippen LogP contribution in [0.3, 0.4) is 0 Å². The van der Waals surface area contributed by atoms with Crippen LogP contribution < -0.4 is 15.1 Å². The smallest absolute Gasteiger partial charge is 0.336 e. The highest BCUT2D eigenvalue weighted by atomic mass is 16.7. The Bertz CT molecular complexity index is 1290. The Morgan fingerprint density at radius 3 is 2.61 bits per heavy atom. The zero-order valence-corrected chi connectivity index (χ0v) is 15.7. The molecule has 0 atom stereocenters. The summed E-state index contributed by atoms with van der Waals surface area (Å²) in [5.74, 6) is 1.76. The van der Waals surface area contributed by atoms with Gasteiger partial charge in [0.15, 0.2) is 17.1 Å². The average Bonchev–Trinajstić information content (AvgIpc) is 3.28. The minimum Gasteiger partial charge on any atom is -0.454 e. The van der Waals surface area contributed by atoms with E-state index >= 15 is 0 Å². The molecular formula is C21H18N2O5. The van der Waals surface area contributed by atoms with E-state index in [1.54, 1.807) is 6.07 Å². The van der Waals surface area contributed by atoms with E-state index in [1.807, 2.05) is 39.3 Å². The first-order valence-electron chi connectivity index (χ1n) is 8.90. The molecule has 0 unspecified atom stereocenters. The van der Waals surface area contributed by atoms with Crippen molar-refractivity contribution in [3.05, 3.63) is 52.1 Å². The molecular weight excluding hydrogens is 360 g/mol. The van der Waals surface area contributed by atoms with E-state index in [0.717, 1.165) is 34.2 Å². The van der Waals surface area contributed by atoms with E-state index in [1.165, 1.54) is 6.07 Å². The molecule has 0 fully saturated rings. The van der Waals surface area contributed by atoms with Gasteiger partial charge in [-0.3, -0.25) is 4.98 Å². The van der Waals surface area contributed by atoms with Gasteiger partial charge in [0.1, 0.15) is 11.3 Å². The maximum atomic E-state index is 12.2. The number of aromatic nitrogens is 1. The van der Waals surface area contributed by atoms with Crippen LogP contribution in [0.1, 0.15) is 11.3 Å². The number of furan rings is 1. The lowest BCUT2D eigenvalue weighted by Gasteiger charge is -2.10. The number of nitrogens with zero attached hydrogens (tertiary/aromatic N) is 2. The largest absolute Gasteiger partial charge is 0.454 e. The first-order chi connectivity index (χ1) is 13.5. The summed E-state index contributed by atoms with van der Waals surface area (Å²) in [5, 5.41) is 1.71. The van der Waals surface area contributed by atoms with Crippen LogP contribution in [-0.2, 0) is 6.54 Å². The van der Waals surface area contributed by atoms with Gasteiger partial charge in [-0.05, 0) is 38.7 Å². The van der Waals surface area contributed by atoms with E-state index in [-0.39, 0.29) is 6.79 Å². The Morgan fingerprint density at radius 1 is 1.04 bits per heavy atom. The molecule has 7 nitrogen and oxygen atoms in total. The van der Waals surface area contributed by atoms with Crippen molar-refractivity contribution in [1.82, 2.24) is 9.88 Å². The molecule has 3 aromatic heterocycles. The van der Waals surface area contributed by atoms with Gasteiger partial charge >= 0.3 is 5.63 Å². The van der Waals surface area contributed by atoms with Crippen LogP contribution in [0.2, 0.25) is 0 Å². The van der Waals surface area contributed by atoms with Crippen LogP contribution in [0.25, 0.3) is 33.3 Å². The Hall–Kier alpha value is -3.32. The maximum Gasteiger partial charge on any atom is 0.336 e. The second-order valence-electron chi connectivity index (χ2n) is 7.14. The second kappa shape index (κ2) is 6.10. The molecule has 0 radical (unpaired) electrons. The molecule has 0 saturated heterocycles. The summed E-state index contributed by atoms with van der Waals surface area (Å²) in [6.07, 6.45) is 1.87. The van der Waals surface area contributed by atoms with Gasteiger partial charge < -0.3 is 23.2 Å². The van der Waals surface area contributed by atoms with Gasteiger partial charge in [-0.2, -0.15) is 0 Å². The van der Waals surface area contributed by atoms with Gasteiger partial charge in [0.2, 0.25) is 6.79 Å². The molecule has 0 saturated carbocycles. The molecule has 0 spiro atoms. The minimum absolute atomic E-state index is 0.147. The van der Waals surface area contributed by atoms with E-state index in [2.05, 4.69) is 9.88 Å². The predicted octanol–water partition coefficient (Wildman–Crippen LogP) is 3.70. The third-order valence-electron chi connectivity index (χ3n) is 4.81. The lowest BCUT2D eigenvalue weighted by atomic mass is 10.1. The quantitative estimate of drug-likeness (QED) is 0.503. The number of hydrogen-bond acceptors (Lipinski definition) is 7. The van der Waals surface area contributed by atoms with Crippen LogP contribution >= 0.6 is 0 Å². The van der Waals surface area contributed by atoms with Crippen LogP contribution in [0.15, 0.2) is 44.1 Å². The van der Waals surface area contributed by atoms with E-state index in [9.17, 15) is 4.79 Å². The zero-order valence-electron chi connectivity index (χ0n) is 15.7. The highest BCUT2D eigenvalue weighted by Crippen LogP contribution is 2.40. The number of fused-ring (bicyclic) bond motifs is 3. The predicted molar refractivity (Wildman–Crippen MR) is 104 cm³/mol. The molecule has 1 aliphatic heterocycles. The fourth-order valence-corrected chi connectivity index (χ4v) is 3.56. The summed E-state index contributed by atoms with van der Waals surface area (Å²) in [4.78, 5) is 18.7. The van der Waals surface area contributed by atoms with Crippen LogP contribution in [0.4, 0.5) is 0 Å². The van der Waals surface area contributed by atoms with Crippen molar-refractivity contribution in [3.63, 3.8) is 0 Å². The maximum absolute atomic E-state index is 12.2. The van der Waals surface area contributed by atoms with Gasteiger partial charge in [0.25, 0.3) is 0 Å². The van der Waals surface area contributed by atoms with Gasteiger partial charge in [0.05, 0.1) is 5.69 Å². The van der Waals surface area contributed by atoms with E-state index < -0.39 is 5.63 Å². The molecule has 0 N–H and O–H groups in total. The number of rotatable bonds is 3. The van der Waals surface area contributed by atoms with Crippen molar-refractivity contribution >= 4 is 21.9 Å². The molecule has 142 valence electrons. The highest BCUT2D eigenvalue weighted by molar-refractivity contribution is 5.97. The lowest BCUT2D eigenvalue weighted by molar-refractivity contribution is 0.174. The fourth-order valence-electron chi connectivity index (χ4n) is 3.56. The van der Waals surface area contributed by atoms with Crippen molar-refractivity contribution in [2.75, 3.05) is 20.9 Å². The average molecular weight is 378 g/mol. The molecule has 0 amide bonds. The number of aryl methyl sites for hydroxylation is 1. The first kappa shape index (κ1) is 16.8. The molecule has 0 aliphatic carbocycles. The van der Waals surface area contributed by atoms with Gasteiger partial charge in [-0.1, -0.05) is 0 Å².